The normalized spacial score (nSPS) is 10.4. The number of aryl methyl sites for hydroxylation is 1. The van der Waals surface area contributed by atoms with Crippen molar-refractivity contribution in [2.45, 2.75) is 13.5 Å². The molecule has 5 nitrogen and oxygen atoms in total. The maximum absolute atomic E-state index is 5.98. The Balaban J connectivity index is 2.12. The van der Waals surface area contributed by atoms with E-state index in [0.29, 0.717) is 18.2 Å². The lowest BCUT2D eigenvalue weighted by Gasteiger charge is -2.12. The first-order valence-corrected chi connectivity index (χ1v) is 6.08. The Morgan fingerprint density at radius 3 is 2.94 bits per heavy atom. The summed E-state index contributed by atoms with van der Waals surface area (Å²) in [5.74, 6) is 0.789. The molecule has 2 aromatic rings. The summed E-state index contributed by atoms with van der Waals surface area (Å²) in [4.78, 5) is 0. The summed E-state index contributed by atoms with van der Waals surface area (Å²) in [6, 6.07) is 5.51. The molecule has 1 N–H and O–H groups in total. The number of rotatable bonds is 5. The van der Waals surface area contributed by atoms with Gasteiger partial charge in [0.1, 0.15) is 5.75 Å². The van der Waals surface area contributed by atoms with Gasteiger partial charge in [0.25, 0.3) is 0 Å². The fourth-order valence-electron chi connectivity index (χ4n) is 1.58. The first kappa shape index (κ1) is 12.7. The van der Waals surface area contributed by atoms with Crippen molar-refractivity contribution in [3.63, 3.8) is 0 Å². The highest BCUT2D eigenvalue weighted by molar-refractivity contribution is 6.30. The summed E-state index contributed by atoms with van der Waals surface area (Å²) in [6.45, 7) is 3.18. The van der Waals surface area contributed by atoms with Crippen LogP contribution in [0.2, 0.25) is 5.02 Å². The van der Waals surface area contributed by atoms with Crippen molar-refractivity contribution < 1.29 is 4.74 Å². The van der Waals surface area contributed by atoms with Crippen molar-refractivity contribution in [1.29, 1.82) is 0 Å². The number of nitrogens with zero attached hydrogens (tertiary/aromatic N) is 3. The zero-order valence-electron chi connectivity index (χ0n) is 10.4. The van der Waals surface area contributed by atoms with Gasteiger partial charge in [0.05, 0.1) is 30.7 Å². The van der Waals surface area contributed by atoms with E-state index in [-0.39, 0.29) is 0 Å². The van der Waals surface area contributed by atoms with Crippen LogP contribution in [0.1, 0.15) is 12.6 Å². The summed E-state index contributed by atoms with van der Waals surface area (Å²) < 4.78 is 7.25. The molecule has 0 spiro atoms. The molecule has 0 aliphatic carbocycles. The van der Waals surface area contributed by atoms with E-state index >= 15 is 0 Å². The van der Waals surface area contributed by atoms with Gasteiger partial charge in [0.2, 0.25) is 0 Å². The van der Waals surface area contributed by atoms with Crippen molar-refractivity contribution in [3.05, 3.63) is 35.1 Å². The molecule has 18 heavy (non-hydrogen) atoms. The summed E-state index contributed by atoms with van der Waals surface area (Å²) >= 11 is 5.98. The summed E-state index contributed by atoms with van der Waals surface area (Å²) in [5, 5.41) is 11.6. The van der Waals surface area contributed by atoms with Gasteiger partial charge in [-0.25, -0.2) is 0 Å². The molecule has 1 heterocycles. The van der Waals surface area contributed by atoms with Gasteiger partial charge in [-0.3, -0.25) is 4.68 Å². The highest BCUT2D eigenvalue weighted by Gasteiger charge is 2.06. The topological polar surface area (TPSA) is 52.0 Å². The fraction of sp³-hybridized carbons (Fsp3) is 0.333. The molecular formula is C12H15ClN4O. The van der Waals surface area contributed by atoms with Crippen molar-refractivity contribution >= 4 is 17.3 Å². The molecule has 0 aliphatic rings. The van der Waals surface area contributed by atoms with Gasteiger partial charge < -0.3 is 10.1 Å². The van der Waals surface area contributed by atoms with E-state index in [1.807, 2.05) is 32.2 Å². The van der Waals surface area contributed by atoms with Crippen LogP contribution in [-0.4, -0.2) is 21.6 Å². The van der Waals surface area contributed by atoms with Crippen LogP contribution in [0.15, 0.2) is 24.4 Å². The summed E-state index contributed by atoms with van der Waals surface area (Å²) in [7, 11) is 1.85. The Labute approximate surface area is 111 Å². The lowest BCUT2D eigenvalue weighted by Crippen LogP contribution is -2.06. The van der Waals surface area contributed by atoms with Gasteiger partial charge in [-0.2, -0.15) is 0 Å². The number of ether oxygens (including phenoxy) is 1. The molecule has 0 atom stereocenters. The van der Waals surface area contributed by atoms with Gasteiger partial charge in [0.15, 0.2) is 0 Å². The third-order valence-electron chi connectivity index (χ3n) is 2.51. The second-order valence-electron chi connectivity index (χ2n) is 3.78. The number of hydrogen-bond donors (Lipinski definition) is 1. The summed E-state index contributed by atoms with van der Waals surface area (Å²) in [6.07, 6.45) is 1.72. The third kappa shape index (κ3) is 2.92. The Morgan fingerprint density at radius 2 is 2.28 bits per heavy atom. The van der Waals surface area contributed by atoms with Crippen LogP contribution in [-0.2, 0) is 13.6 Å². The highest BCUT2D eigenvalue weighted by atomic mass is 35.5. The van der Waals surface area contributed by atoms with Crippen LogP contribution >= 0.6 is 11.6 Å². The number of hydrogen-bond acceptors (Lipinski definition) is 4. The van der Waals surface area contributed by atoms with Gasteiger partial charge in [-0.05, 0) is 25.1 Å². The van der Waals surface area contributed by atoms with E-state index < -0.39 is 0 Å². The first-order chi connectivity index (χ1) is 8.70. The van der Waals surface area contributed by atoms with Crippen molar-refractivity contribution in [3.8, 4) is 5.75 Å². The summed E-state index contributed by atoms with van der Waals surface area (Å²) in [5.41, 5.74) is 1.85. The van der Waals surface area contributed by atoms with E-state index in [2.05, 4.69) is 15.6 Å². The van der Waals surface area contributed by atoms with Crippen LogP contribution in [0.3, 0.4) is 0 Å². The number of nitrogens with one attached hydrogen (secondary N) is 1. The average Bonchev–Trinajstić information content (AvgIpc) is 2.75. The minimum Gasteiger partial charge on any atom is -0.492 e. The van der Waals surface area contributed by atoms with E-state index in [1.165, 1.54) is 0 Å². The highest BCUT2D eigenvalue weighted by Crippen LogP contribution is 2.28. The van der Waals surface area contributed by atoms with Crippen LogP contribution in [0.25, 0.3) is 0 Å². The predicted molar refractivity (Wildman–Crippen MR) is 71.0 cm³/mol. The van der Waals surface area contributed by atoms with Crippen LogP contribution in [0.5, 0.6) is 5.75 Å². The van der Waals surface area contributed by atoms with Gasteiger partial charge >= 0.3 is 0 Å². The molecule has 0 fully saturated rings. The minimum atomic E-state index is 0.615. The van der Waals surface area contributed by atoms with Crippen LogP contribution < -0.4 is 10.1 Å². The molecule has 0 radical (unpaired) electrons. The number of halogens is 1. The second kappa shape index (κ2) is 5.73. The molecule has 1 aromatic heterocycles. The van der Waals surface area contributed by atoms with E-state index in [0.717, 1.165) is 17.1 Å². The van der Waals surface area contributed by atoms with Crippen LogP contribution in [0, 0.1) is 0 Å². The average molecular weight is 267 g/mol. The number of benzene rings is 1. The van der Waals surface area contributed by atoms with Gasteiger partial charge in [-0.15, -0.1) is 5.10 Å². The van der Waals surface area contributed by atoms with E-state index in [4.69, 9.17) is 16.3 Å². The maximum Gasteiger partial charge on any atom is 0.142 e. The lowest BCUT2D eigenvalue weighted by atomic mass is 10.3. The molecule has 96 valence electrons. The molecule has 0 amide bonds. The Bertz CT molecular complexity index is 527. The zero-order valence-corrected chi connectivity index (χ0v) is 11.1. The molecule has 0 saturated heterocycles. The minimum absolute atomic E-state index is 0.615. The zero-order chi connectivity index (χ0) is 13.0. The molecule has 6 heteroatoms. The molecule has 0 bridgehead atoms. The second-order valence-corrected chi connectivity index (χ2v) is 4.21. The quantitative estimate of drug-likeness (QED) is 0.903. The first-order valence-electron chi connectivity index (χ1n) is 5.70. The molecule has 0 unspecified atom stereocenters. The van der Waals surface area contributed by atoms with Crippen molar-refractivity contribution in [1.82, 2.24) is 15.0 Å². The van der Waals surface area contributed by atoms with E-state index in [1.54, 1.807) is 10.9 Å². The SMILES string of the molecule is CCOc1ccc(Cl)cc1NCc1cnnn1C. The monoisotopic (exact) mass is 266 g/mol. The Morgan fingerprint density at radius 1 is 1.44 bits per heavy atom. The maximum atomic E-state index is 5.98. The Hall–Kier alpha value is -1.75. The third-order valence-corrected chi connectivity index (χ3v) is 2.74. The van der Waals surface area contributed by atoms with Gasteiger partial charge in [-0.1, -0.05) is 16.8 Å². The Kier molecular flexibility index (Phi) is 4.04. The van der Waals surface area contributed by atoms with Crippen molar-refractivity contribution in [2.75, 3.05) is 11.9 Å². The standard InChI is InChI=1S/C12H15ClN4O/c1-3-18-12-5-4-9(13)6-11(12)14-7-10-8-15-16-17(10)2/h4-6,8,14H,3,7H2,1-2H3. The molecular weight excluding hydrogens is 252 g/mol. The van der Waals surface area contributed by atoms with E-state index in [9.17, 15) is 0 Å². The predicted octanol–water partition coefficient (Wildman–Crippen LogP) is 2.48. The fourth-order valence-corrected chi connectivity index (χ4v) is 1.75. The van der Waals surface area contributed by atoms with Crippen LogP contribution in [0.4, 0.5) is 5.69 Å². The molecule has 0 aliphatic heterocycles. The van der Waals surface area contributed by atoms with Gasteiger partial charge in [0, 0.05) is 12.1 Å². The molecule has 1 aromatic carbocycles. The van der Waals surface area contributed by atoms with Crippen molar-refractivity contribution in [2.24, 2.45) is 7.05 Å². The molecule has 2 rings (SSSR count). The number of anilines is 1. The largest absolute Gasteiger partial charge is 0.492 e. The number of aromatic nitrogens is 3. The lowest BCUT2D eigenvalue weighted by molar-refractivity contribution is 0.341. The molecule has 0 saturated carbocycles. The smallest absolute Gasteiger partial charge is 0.142 e.